The maximum atomic E-state index is 11.6. The summed E-state index contributed by atoms with van der Waals surface area (Å²) in [5.74, 6) is 0.112. The van der Waals surface area contributed by atoms with Crippen LogP contribution in [0.1, 0.15) is 16.8 Å². The molecule has 3 N–H and O–H groups in total. The molecule has 2 rings (SSSR count). The first-order valence-corrected chi connectivity index (χ1v) is 6.00. The van der Waals surface area contributed by atoms with Gasteiger partial charge in [-0.05, 0) is 24.6 Å². The molecule has 5 nitrogen and oxygen atoms in total. The van der Waals surface area contributed by atoms with Gasteiger partial charge in [0.1, 0.15) is 0 Å². The number of nitrogen functional groups attached to an aromatic ring is 1. The van der Waals surface area contributed by atoms with Crippen LogP contribution in [0, 0.1) is 5.92 Å². The molecule has 1 aromatic rings. The molecule has 1 saturated heterocycles. The first kappa shape index (κ1) is 12.7. The third kappa shape index (κ3) is 2.92. The van der Waals surface area contributed by atoms with Crippen molar-refractivity contribution in [3.8, 4) is 0 Å². The van der Waals surface area contributed by atoms with Gasteiger partial charge in [0.25, 0.3) is 0 Å². The molecule has 1 atom stereocenters. The van der Waals surface area contributed by atoms with Crippen molar-refractivity contribution < 1.29 is 14.3 Å². The summed E-state index contributed by atoms with van der Waals surface area (Å²) in [6.07, 6.45) is 1.05. The van der Waals surface area contributed by atoms with Crippen molar-refractivity contribution in [3.05, 3.63) is 23.8 Å². The fourth-order valence-electron chi connectivity index (χ4n) is 1.99. The summed E-state index contributed by atoms with van der Waals surface area (Å²) < 4.78 is 10.1. The molecule has 0 aromatic heterocycles. The molecule has 0 aliphatic carbocycles. The smallest absolute Gasteiger partial charge is 0.340 e. The summed E-state index contributed by atoms with van der Waals surface area (Å²) in [7, 11) is 1.36. The number of rotatable bonds is 4. The zero-order valence-electron chi connectivity index (χ0n) is 10.4. The minimum absolute atomic E-state index is 0.382. The largest absolute Gasteiger partial charge is 0.465 e. The molecule has 0 amide bonds. The number of nitrogens with one attached hydrogen (secondary N) is 1. The lowest BCUT2D eigenvalue weighted by molar-refractivity contribution is 0.0602. The van der Waals surface area contributed by atoms with E-state index >= 15 is 0 Å². The highest BCUT2D eigenvalue weighted by Crippen LogP contribution is 2.21. The van der Waals surface area contributed by atoms with Crippen molar-refractivity contribution in [3.63, 3.8) is 0 Å². The molecule has 1 aliphatic rings. The molecule has 0 spiro atoms. The van der Waals surface area contributed by atoms with Crippen LogP contribution in [0.25, 0.3) is 0 Å². The zero-order valence-corrected chi connectivity index (χ0v) is 10.4. The van der Waals surface area contributed by atoms with Gasteiger partial charge in [-0.2, -0.15) is 0 Å². The van der Waals surface area contributed by atoms with Crippen molar-refractivity contribution in [1.29, 1.82) is 0 Å². The van der Waals surface area contributed by atoms with E-state index in [1.54, 1.807) is 18.2 Å². The van der Waals surface area contributed by atoms with Crippen LogP contribution in [0.4, 0.5) is 11.4 Å². The lowest BCUT2D eigenvalue weighted by atomic mass is 10.1. The summed E-state index contributed by atoms with van der Waals surface area (Å²) in [4.78, 5) is 11.6. The molecule has 1 fully saturated rings. The van der Waals surface area contributed by atoms with Gasteiger partial charge in [-0.3, -0.25) is 0 Å². The third-order valence-electron chi connectivity index (χ3n) is 3.05. The molecule has 98 valence electrons. The van der Waals surface area contributed by atoms with Crippen LogP contribution in [-0.2, 0) is 9.47 Å². The Kier molecular flexibility index (Phi) is 4.04. The Morgan fingerprint density at radius 1 is 1.61 bits per heavy atom. The van der Waals surface area contributed by atoms with E-state index in [0.29, 0.717) is 17.2 Å². The number of methoxy groups -OCH3 is 1. The van der Waals surface area contributed by atoms with Crippen LogP contribution in [0.15, 0.2) is 18.2 Å². The molecule has 5 heteroatoms. The molecule has 0 saturated carbocycles. The van der Waals surface area contributed by atoms with Gasteiger partial charge in [0.05, 0.1) is 19.3 Å². The fourth-order valence-corrected chi connectivity index (χ4v) is 1.99. The van der Waals surface area contributed by atoms with E-state index in [9.17, 15) is 4.79 Å². The number of carbonyl (C=O) groups is 1. The Bertz CT molecular complexity index is 428. The standard InChI is InChI=1S/C13H18N2O3/c1-17-13(16)11-6-10(14)2-3-12(11)15-7-9-4-5-18-8-9/h2-3,6,9,15H,4-5,7-8,14H2,1H3. The van der Waals surface area contributed by atoms with Gasteiger partial charge < -0.3 is 20.5 Å². The number of carbonyl (C=O) groups excluding carboxylic acids is 1. The van der Waals surface area contributed by atoms with E-state index < -0.39 is 0 Å². The number of hydrogen-bond acceptors (Lipinski definition) is 5. The molecular weight excluding hydrogens is 232 g/mol. The highest BCUT2D eigenvalue weighted by molar-refractivity contribution is 5.96. The van der Waals surface area contributed by atoms with Crippen molar-refractivity contribution in [1.82, 2.24) is 0 Å². The van der Waals surface area contributed by atoms with Gasteiger partial charge >= 0.3 is 5.97 Å². The Morgan fingerprint density at radius 2 is 2.44 bits per heavy atom. The van der Waals surface area contributed by atoms with Gasteiger partial charge in [-0.15, -0.1) is 0 Å². The Hall–Kier alpha value is -1.75. The summed E-state index contributed by atoms with van der Waals surface area (Å²) in [5, 5.41) is 3.26. The Balaban J connectivity index is 2.08. The van der Waals surface area contributed by atoms with Crippen LogP contribution in [0.2, 0.25) is 0 Å². The van der Waals surface area contributed by atoms with Gasteiger partial charge in [-0.1, -0.05) is 0 Å². The number of anilines is 2. The maximum absolute atomic E-state index is 11.6. The predicted molar refractivity (Wildman–Crippen MR) is 69.6 cm³/mol. The SMILES string of the molecule is COC(=O)c1cc(N)ccc1NCC1CCOC1. The molecule has 1 heterocycles. The number of nitrogens with two attached hydrogens (primary N) is 1. The first-order chi connectivity index (χ1) is 8.70. The zero-order chi connectivity index (χ0) is 13.0. The average molecular weight is 250 g/mol. The topological polar surface area (TPSA) is 73.6 Å². The van der Waals surface area contributed by atoms with Crippen LogP contribution in [0.3, 0.4) is 0 Å². The van der Waals surface area contributed by atoms with Crippen molar-refractivity contribution in [2.45, 2.75) is 6.42 Å². The van der Waals surface area contributed by atoms with Crippen LogP contribution in [0.5, 0.6) is 0 Å². The second-order valence-corrected chi connectivity index (χ2v) is 4.41. The van der Waals surface area contributed by atoms with Crippen molar-refractivity contribution >= 4 is 17.3 Å². The second-order valence-electron chi connectivity index (χ2n) is 4.41. The van der Waals surface area contributed by atoms with E-state index in [2.05, 4.69) is 5.32 Å². The highest BCUT2D eigenvalue weighted by Gasteiger charge is 2.17. The Morgan fingerprint density at radius 3 is 3.11 bits per heavy atom. The van der Waals surface area contributed by atoms with E-state index in [4.69, 9.17) is 15.2 Å². The molecule has 0 bridgehead atoms. The van der Waals surface area contributed by atoms with Crippen molar-refractivity contribution in [2.75, 3.05) is 37.9 Å². The molecule has 1 aromatic carbocycles. The van der Waals surface area contributed by atoms with E-state index in [-0.39, 0.29) is 5.97 Å². The lowest BCUT2D eigenvalue weighted by Gasteiger charge is -2.14. The van der Waals surface area contributed by atoms with E-state index in [0.717, 1.165) is 31.9 Å². The number of esters is 1. The normalized spacial score (nSPS) is 18.6. The minimum atomic E-state index is -0.382. The molecular formula is C13H18N2O3. The second kappa shape index (κ2) is 5.73. The van der Waals surface area contributed by atoms with Gasteiger partial charge in [0.15, 0.2) is 0 Å². The molecule has 1 aliphatic heterocycles. The first-order valence-electron chi connectivity index (χ1n) is 6.00. The van der Waals surface area contributed by atoms with Gasteiger partial charge in [0, 0.05) is 30.4 Å². The van der Waals surface area contributed by atoms with Crippen LogP contribution < -0.4 is 11.1 Å². The summed E-state index contributed by atoms with van der Waals surface area (Å²) in [6, 6.07) is 5.19. The third-order valence-corrected chi connectivity index (χ3v) is 3.05. The molecule has 1 unspecified atom stereocenters. The summed E-state index contributed by atoms with van der Waals surface area (Å²) in [6.45, 7) is 2.38. The summed E-state index contributed by atoms with van der Waals surface area (Å²) in [5.41, 5.74) is 7.45. The Labute approximate surface area is 106 Å². The molecule has 18 heavy (non-hydrogen) atoms. The molecule has 0 radical (unpaired) electrons. The van der Waals surface area contributed by atoms with Gasteiger partial charge in [-0.25, -0.2) is 4.79 Å². The maximum Gasteiger partial charge on any atom is 0.340 e. The average Bonchev–Trinajstić information content (AvgIpc) is 2.89. The number of ether oxygens (including phenoxy) is 2. The lowest BCUT2D eigenvalue weighted by Crippen LogP contribution is -2.16. The number of hydrogen-bond donors (Lipinski definition) is 2. The fraction of sp³-hybridized carbons (Fsp3) is 0.462. The minimum Gasteiger partial charge on any atom is -0.465 e. The quantitative estimate of drug-likeness (QED) is 0.626. The predicted octanol–water partition coefficient (Wildman–Crippen LogP) is 1.50. The van der Waals surface area contributed by atoms with E-state index in [1.165, 1.54) is 7.11 Å². The van der Waals surface area contributed by atoms with Crippen LogP contribution in [-0.4, -0.2) is 32.8 Å². The monoisotopic (exact) mass is 250 g/mol. The van der Waals surface area contributed by atoms with Crippen molar-refractivity contribution in [2.24, 2.45) is 5.92 Å². The summed E-state index contributed by atoms with van der Waals surface area (Å²) >= 11 is 0. The highest BCUT2D eigenvalue weighted by atomic mass is 16.5. The number of benzene rings is 1. The van der Waals surface area contributed by atoms with Gasteiger partial charge in [0.2, 0.25) is 0 Å². The van der Waals surface area contributed by atoms with E-state index in [1.807, 2.05) is 0 Å². The van der Waals surface area contributed by atoms with Crippen LogP contribution >= 0.6 is 0 Å².